The van der Waals surface area contributed by atoms with Crippen molar-refractivity contribution in [1.82, 2.24) is 10.3 Å². The largest absolute Gasteiger partial charge is 0.486 e. The van der Waals surface area contributed by atoms with Crippen molar-refractivity contribution >= 4 is 0 Å². The summed E-state index contributed by atoms with van der Waals surface area (Å²) in [5.41, 5.74) is -0.148. The van der Waals surface area contributed by atoms with E-state index in [1.165, 1.54) is 12.3 Å². The summed E-state index contributed by atoms with van der Waals surface area (Å²) in [6.07, 6.45) is 3.36. The lowest BCUT2D eigenvalue weighted by molar-refractivity contribution is 0.0550. The minimum Gasteiger partial charge on any atom is -0.486 e. The zero-order valence-electron chi connectivity index (χ0n) is 8.79. The smallest absolute Gasteiger partial charge is 0.213 e. The molecule has 15 heavy (non-hydrogen) atoms. The molecule has 1 fully saturated rings. The summed E-state index contributed by atoms with van der Waals surface area (Å²) in [5, 5.41) is 3.28. The Kier molecular flexibility index (Phi) is 2.86. The SMILES string of the molecule is CC1(Oc2ccc(F)nc2)CCNCC1. The van der Waals surface area contributed by atoms with E-state index >= 15 is 0 Å². The van der Waals surface area contributed by atoms with Crippen LogP contribution in [0.1, 0.15) is 19.8 Å². The molecule has 1 aliphatic heterocycles. The summed E-state index contributed by atoms with van der Waals surface area (Å²) in [7, 11) is 0. The van der Waals surface area contributed by atoms with Crippen LogP contribution >= 0.6 is 0 Å². The van der Waals surface area contributed by atoms with Gasteiger partial charge in [-0.25, -0.2) is 4.98 Å². The Labute approximate surface area is 88.7 Å². The fourth-order valence-corrected chi connectivity index (χ4v) is 1.76. The molecule has 1 saturated heterocycles. The number of halogens is 1. The highest BCUT2D eigenvalue weighted by Gasteiger charge is 2.28. The van der Waals surface area contributed by atoms with E-state index in [-0.39, 0.29) is 5.60 Å². The average Bonchev–Trinajstić information content (AvgIpc) is 2.22. The summed E-state index contributed by atoms with van der Waals surface area (Å²) >= 11 is 0. The zero-order chi connectivity index (χ0) is 10.7. The first kappa shape index (κ1) is 10.4. The van der Waals surface area contributed by atoms with Gasteiger partial charge < -0.3 is 10.1 Å². The number of rotatable bonds is 2. The third-order valence-electron chi connectivity index (χ3n) is 2.73. The lowest BCUT2D eigenvalue weighted by atomic mass is 9.94. The second-order valence-electron chi connectivity index (χ2n) is 4.12. The van der Waals surface area contributed by atoms with Crippen molar-refractivity contribution in [3.8, 4) is 5.75 Å². The van der Waals surface area contributed by atoms with Crippen LogP contribution in [0.15, 0.2) is 18.3 Å². The minimum absolute atomic E-state index is 0.148. The molecule has 3 nitrogen and oxygen atoms in total. The first-order chi connectivity index (χ1) is 7.18. The predicted octanol–water partition coefficient (Wildman–Crippen LogP) is 1.74. The summed E-state index contributed by atoms with van der Waals surface area (Å²) < 4.78 is 18.4. The highest BCUT2D eigenvalue weighted by molar-refractivity contribution is 5.17. The van der Waals surface area contributed by atoms with Gasteiger partial charge in [-0.15, -0.1) is 0 Å². The van der Waals surface area contributed by atoms with Gasteiger partial charge >= 0.3 is 0 Å². The third-order valence-corrected chi connectivity index (χ3v) is 2.73. The minimum atomic E-state index is -0.474. The van der Waals surface area contributed by atoms with E-state index < -0.39 is 5.95 Å². The lowest BCUT2D eigenvalue weighted by Crippen LogP contribution is -2.43. The van der Waals surface area contributed by atoms with Crippen LogP contribution in [0.2, 0.25) is 0 Å². The van der Waals surface area contributed by atoms with Crippen molar-refractivity contribution < 1.29 is 9.13 Å². The molecule has 0 saturated carbocycles. The van der Waals surface area contributed by atoms with Gasteiger partial charge in [0.25, 0.3) is 0 Å². The molecule has 1 aromatic rings. The van der Waals surface area contributed by atoms with Crippen LogP contribution in [0.5, 0.6) is 5.75 Å². The Balaban J connectivity index is 2.03. The normalized spacial score (nSPS) is 19.9. The maximum atomic E-state index is 12.6. The highest BCUT2D eigenvalue weighted by Crippen LogP contribution is 2.25. The van der Waals surface area contributed by atoms with Crippen LogP contribution in [0, 0.1) is 5.95 Å². The van der Waals surface area contributed by atoms with Crippen molar-refractivity contribution in [3.63, 3.8) is 0 Å². The van der Waals surface area contributed by atoms with Gasteiger partial charge in [0, 0.05) is 0 Å². The number of ether oxygens (including phenoxy) is 1. The number of piperidine rings is 1. The molecule has 2 heterocycles. The highest BCUT2D eigenvalue weighted by atomic mass is 19.1. The fourth-order valence-electron chi connectivity index (χ4n) is 1.76. The molecule has 0 bridgehead atoms. The van der Waals surface area contributed by atoms with Crippen molar-refractivity contribution in [1.29, 1.82) is 0 Å². The zero-order valence-corrected chi connectivity index (χ0v) is 8.79. The summed E-state index contributed by atoms with van der Waals surface area (Å²) in [6, 6.07) is 2.94. The molecule has 1 N–H and O–H groups in total. The van der Waals surface area contributed by atoms with Gasteiger partial charge in [-0.2, -0.15) is 4.39 Å². The monoisotopic (exact) mass is 210 g/mol. The molecule has 1 aliphatic rings. The van der Waals surface area contributed by atoms with E-state index in [0.717, 1.165) is 25.9 Å². The number of hydrogen-bond acceptors (Lipinski definition) is 3. The first-order valence-electron chi connectivity index (χ1n) is 5.19. The van der Waals surface area contributed by atoms with E-state index in [9.17, 15) is 4.39 Å². The molecule has 4 heteroatoms. The summed E-state index contributed by atoms with van der Waals surface area (Å²) in [4.78, 5) is 3.57. The summed E-state index contributed by atoms with van der Waals surface area (Å²) in [6.45, 7) is 4.01. The Bertz CT molecular complexity index is 320. The van der Waals surface area contributed by atoms with E-state index in [1.807, 2.05) is 0 Å². The van der Waals surface area contributed by atoms with E-state index in [2.05, 4.69) is 17.2 Å². The molecular formula is C11H15FN2O. The maximum absolute atomic E-state index is 12.6. The van der Waals surface area contributed by atoms with Crippen LogP contribution in [0.25, 0.3) is 0 Å². The second kappa shape index (κ2) is 4.14. The van der Waals surface area contributed by atoms with Gasteiger partial charge in [-0.1, -0.05) is 0 Å². The van der Waals surface area contributed by atoms with Crippen molar-refractivity contribution in [3.05, 3.63) is 24.3 Å². The van der Waals surface area contributed by atoms with Crippen molar-refractivity contribution in [2.24, 2.45) is 0 Å². The van der Waals surface area contributed by atoms with Gasteiger partial charge in [-0.05, 0) is 45.0 Å². The topological polar surface area (TPSA) is 34.1 Å². The average molecular weight is 210 g/mol. The molecule has 1 aromatic heterocycles. The fraction of sp³-hybridized carbons (Fsp3) is 0.545. The lowest BCUT2D eigenvalue weighted by Gasteiger charge is -2.34. The van der Waals surface area contributed by atoms with Gasteiger partial charge in [0.2, 0.25) is 5.95 Å². The predicted molar refractivity (Wildman–Crippen MR) is 55.3 cm³/mol. The molecule has 0 aliphatic carbocycles. The molecule has 0 radical (unpaired) electrons. The van der Waals surface area contributed by atoms with Crippen molar-refractivity contribution in [2.45, 2.75) is 25.4 Å². The number of nitrogens with zero attached hydrogens (tertiary/aromatic N) is 1. The molecule has 0 atom stereocenters. The molecule has 0 amide bonds. The number of pyridine rings is 1. The quantitative estimate of drug-likeness (QED) is 0.755. The Morgan fingerprint density at radius 1 is 1.40 bits per heavy atom. The Hall–Kier alpha value is -1.16. The van der Waals surface area contributed by atoms with E-state index in [4.69, 9.17) is 4.74 Å². The number of hydrogen-bond donors (Lipinski definition) is 1. The van der Waals surface area contributed by atoms with Crippen LogP contribution in [0.3, 0.4) is 0 Å². The Morgan fingerprint density at radius 3 is 2.73 bits per heavy atom. The van der Waals surface area contributed by atoms with Crippen LogP contribution in [-0.2, 0) is 0 Å². The maximum Gasteiger partial charge on any atom is 0.213 e. The Morgan fingerprint density at radius 2 is 2.13 bits per heavy atom. The van der Waals surface area contributed by atoms with Crippen LogP contribution in [0.4, 0.5) is 4.39 Å². The summed E-state index contributed by atoms with van der Waals surface area (Å²) in [5.74, 6) is 0.165. The molecule has 0 spiro atoms. The molecule has 0 unspecified atom stereocenters. The molecule has 2 rings (SSSR count). The second-order valence-corrected chi connectivity index (χ2v) is 4.12. The van der Waals surface area contributed by atoms with E-state index in [0.29, 0.717) is 5.75 Å². The van der Waals surface area contributed by atoms with Crippen LogP contribution < -0.4 is 10.1 Å². The van der Waals surface area contributed by atoms with Gasteiger partial charge in [0.15, 0.2) is 0 Å². The van der Waals surface area contributed by atoms with Crippen LogP contribution in [-0.4, -0.2) is 23.7 Å². The molecule has 0 aromatic carbocycles. The van der Waals surface area contributed by atoms with Gasteiger partial charge in [-0.3, -0.25) is 0 Å². The van der Waals surface area contributed by atoms with Crippen molar-refractivity contribution in [2.75, 3.05) is 13.1 Å². The molecular weight excluding hydrogens is 195 g/mol. The van der Waals surface area contributed by atoms with Gasteiger partial charge in [0.05, 0.1) is 6.20 Å². The van der Waals surface area contributed by atoms with Gasteiger partial charge in [0.1, 0.15) is 11.4 Å². The standard InChI is InChI=1S/C11H15FN2O/c1-11(4-6-13-7-5-11)15-9-2-3-10(12)14-8-9/h2-3,8,13H,4-7H2,1H3. The third kappa shape index (κ3) is 2.65. The number of aromatic nitrogens is 1. The first-order valence-corrected chi connectivity index (χ1v) is 5.19. The number of nitrogens with one attached hydrogen (secondary N) is 1. The molecule has 82 valence electrons. The van der Waals surface area contributed by atoms with E-state index in [1.54, 1.807) is 6.07 Å².